The summed E-state index contributed by atoms with van der Waals surface area (Å²) in [5.74, 6) is 2.84. The van der Waals surface area contributed by atoms with Gasteiger partial charge in [0.15, 0.2) is 0 Å². The van der Waals surface area contributed by atoms with Gasteiger partial charge in [0, 0.05) is 37.7 Å². The number of hydrogen-bond acceptors (Lipinski definition) is 21. The Labute approximate surface area is 494 Å². The fraction of sp³-hybridized carbons (Fsp3) is 0.881. The van der Waals surface area contributed by atoms with Crippen LogP contribution in [0, 0.1) is 0 Å². The molecule has 5 atom stereocenters. The number of nitrogens with one attached hydrogen (secondary N) is 1. The lowest BCUT2D eigenvalue weighted by Crippen LogP contribution is -2.60. The van der Waals surface area contributed by atoms with Crippen LogP contribution in [-0.2, 0) is 68.1 Å². The Hall–Kier alpha value is -1.49. The molecule has 0 spiro atoms. The molecule has 2 rings (SSSR count). The van der Waals surface area contributed by atoms with Crippen molar-refractivity contribution >= 4 is 27.5 Å². The Kier molecular flexibility index (Phi) is 55.0. The average Bonchev–Trinajstić information content (AvgIpc) is 3.64. The van der Waals surface area contributed by atoms with Crippen molar-refractivity contribution in [2.75, 3.05) is 177 Å². The smallest absolute Gasteiger partial charge is 0.229 e. The van der Waals surface area contributed by atoms with Gasteiger partial charge >= 0.3 is 0 Å². The van der Waals surface area contributed by atoms with E-state index in [0.29, 0.717) is 157 Å². The minimum Gasteiger partial charge on any atom is -0.462 e. The van der Waals surface area contributed by atoms with Crippen molar-refractivity contribution in [3.05, 3.63) is 29.8 Å². The zero-order chi connectivity index (χ0) is 58.0. The van der Waals surface area contributed by atoms with Crippen LogP contribution in [-0.4, -0.2) is 239 Å². The van der Waals surface area contributed by atoms with E-state index in [1.807, 2.05) is 0 Å². The lowest BCUT2D eigenvalue weighted by atomic mass is 9.99. The van der Waals surface area contributed by atoms with E-state index in [4.69, 9.17) is 66.7 Å². The maximum atomic E-state index is 12.3. The lowest BCUT2D eigenvalue weighted by Gasteiger charge is -2.39. The summed E-state index contributed by atoms with van der Waals surface area (Å²) in [5, 5.41) is 50.8. The van der Waals surface area contributed by atoms with Gasteiger partial charge in [-0.05, 0) is 49.8 Å². The van der Waals surface area contributed by atoms with Crippen LogP contribution < -0.4 is 10.1 Å². The second kappa shape index (κ2) is 58.9. The van der Waals surface area contributed by atoms with Gasteiger partial charge < -0.3 is 92.4 Å². The first-order valence-corrected chi connectivity index (χ1v) is 33.0. The number of carbonyl (C=O) groups excluding carboxylic acids is 1. The first-order chi connectivity index (χ1) is 40.0. The van der Waals surface area contributed by atoms with Crippen LogP contribution in [0.2, 0.25) is 0 Å². The molecule has 0 saturated carbocycles. The number of aliphatic hydroxyl groups is 5. The highest BCUT2D eigenvalue weighted by Crippen LogP contribution is 2.26. The van der Waals surface area contributed by atoms with Crippen LogP contribution in [0.3, 0.4) is 0 Å². The maximum absolute atomic E-state index is 12.3. The molecule has 20 nitrogen and oxygen atoms in total. The molecule has 1 aromatic carbocycles. The number of hydrogen-bond donors (Lipinski definition) is 6. The molecule has 1 fully saturated rings. The van der Waals surface area contributed by atoms with E-state index in [2.05, 4.69) is 26.9 Å². The molecule has 0 radical (unpaired) electrons. The van der Waals surface area contributed by atoms with Crippen molar-refractivity contribution in [1.82, 2.24) is 5.32 Å². The van der Waals surface area contributed by atoms with Crippen LogP contribution in [0.15, 0.2) is 24.3 Å². The third-order valence-electron chi connectivity index (χ3n) is 12.9. The van der Waals surface area contributed by atoms with Gasteiger partial charge in [-0.2, -0.15) is 0 Å². The molecule has 476 valence electrons. The summed E-state index contributed by atoms with van der Waals surface area (Å²) in [6.45, 7) is 11.6. The van der Waals surface area contributed by atoms with Crippen molar-refractivity contribution in [1.29, 1.82) is 0 Å². The van der Waals surface area contributed by atoms with E-state index in [0.717, 1.165) is 31.6 Å². The Morgan fingerprint density at radius 3 is 1.15 bits per heavy atom. The standard InChI is InChI=1S/C59H109NO19S2/c61-26-30-70-34-38-74-42-46-75-43-39-71-35-31-67-27-15-11-7-3-1-5-9-13-17-49-80-81-50-18-14-10-6-2-4-8-12-16-28-68-32-36-72-40-44-76-47-48-77-45-41-73-37-33-69-29-25-60-55(63)24-21-52-19-22-53(23-20-52)78-59-58(66)57(65)56(64)54(51-62)79-59/h19-20,22-23,54,56-59,61-62,64-66H,1-18,21,24-51H2,(H,60,63)/t54-,56-,57+,58-,59-/m1/s1. The van der Waals surface area contributed by atoms with Gasteiger partial charge in [-0.15, -0.1) is 0 Å². The van der Waals surface area contributed by atoms with Crippen LogP contribution in [0.5, 0.6) is 5.75 Å². The summed E-state index contributed by atoms with van der Waals surface area (Å²) < 4.78 is 71.7. The summed E-state index contributed by atoms with van der Waals surface area (Å²) >= 11 is 0. The summed E-state index contributed by atoms with van der Waals surface area (Å²) in [6.07, 6.45) is 17.6. The SMILES string of the molecule is O=C(CCc1ccc(O[C@@H]2O[C@H](CO)[C@@H](O)[C@H](O)[C@H]2O)cc1)NCCOCCOCCOCCOCCOCCOCCCCCCCCCCCSSCCCCCCCCCCCOCCOCCOCCOCCOCCO. The van der Waals surface area contributed by atoms with E-state index in [-0.39, 0.29) is 12.5 Å². The highest BCUT2D eigenvalue weighted by atomic mass is 33.1. The van der Waals surface area contributed by atoms with Crippen molar-refractivity contribution in [3.8, 4) is 5.75 Å². The molecule has 1 heterocycles. The second-order valence-corrected chi connectivity index (χ2v) is 22.5. The van der Waals surface area contributed by atoms with Gasteiger partial charge in [0.25, 0.3) is 0 Å². The summed E-state index contributed by atoms with van der Waals surface area (Å²) in [7, 11) is 4.15. The predicted octanol–water partition coefficient (Wildman–Crippen LogP) is 6.49. The third kappa shape index (κ3) is 47.4. The molecule has 0 aliphatic carbocycles. The summed E-state index contributed by atoms with van der Waals surface area (Å²) in [6, 6.07) is 6.87. The Bertz CT molecular complexity index is 1470. The number of unbranched alkanes of at least 4 members (excludes halogenated alkanes) is 16. The monoisotopic (exact) mass is 1200 g/mol. The molecule has 0 unspecified atom stereocenters. The first-order valence-electron chi connectivity index (χ1n) is 30.5. The normalized spacial score (nSPS) is 17.3. The van der Waals surface area contributed by atoms with Crippen LogP contribution >= 0.6 is 21.6 Å². The van der Waals surface area contributed by atoms with E-state index in [1.165, 1.54) is 114 Å². The van der Waals surface area contributed by atoms with Gasteiger partial charge in [0.1, 0.15) is 30.2 Å². The Morgan fingerprint density at radius 1 is 0.420 bits per heavy atom. The molecule has 1 amide bonds. The third-order valence-corrected chi connectivity index (χ3v) is 15.5. The van der Waals surface area contributed by atoms with Crippen molar-refractivity contribution in [2.24, 2.45) is 0 Å². The number of benzene rings is 1. The highest BCUT2D eigenvalue weighted by Gasteiger charge is 2.44. The zero-order valence-corrected chi connectivity index (χ0v) is 50.8. The highest BCUT2D eigenvalue weighted by molar-refractivity contribution is 8.76. The molecule has 22 heteroatoms. The minimum absolute atomic E-state index is 0.0365. The first kappa shape index (κ1) is 75.6. The van der Waals surface area contributed by atoms with E-state index >= 15 is 0 Å². The molecule has 1 aromatic rings. The van der Waals surface area contributed by atoms with Gasteiger partial charge in [-0.3, -0.25) is 4.79 Å². The topological polar surface area (TPSA) is 250 Å². The number of aryl methyl sites for hydroxylation is 1. The molecule has 1 aliphatic heterocycles. The Balaban J connectivity index is 1.15. The van der Waals surface area contributed by atoms with Gasteiger partial charge in [-0.25, -0.2) is 0 Å². The molecule has 81 heavy (non-hydrogen) atoms. The lowest BCUT2D eigenvalue weighted by molar-refractivity contribution is -0.277. The summed E-state index contributed by atoms with van der Waals surface area (Å²) in [4.78, 5) is 12.3. The minimum atomic E-state index is -1.52. The molecule has 0 aromatic heterocycles. The molecular formula is C59H109NO19S2. The van der Waals surface area contributed by atoms with Crippen molar-refractivity contribution < 1.29 is 91.9 Å². The molecule has 0 bridgehead atoms. The van der Waals surface area contributed by atoms with Crippen LogP contribution in [0.25, 0.3) is 0 Å². The van der Waals surface area contributed by atoms with Crippen molar-refractivity contribution in [2.45, 2.75) is 159 Å². The van der Waals surface area contributed by atoms with Gasteiger partial charge in [0.2, 0.25) is 12.2 Å². The maximum Gasteiger partial charge on any atom is 0.229 e. The van der Waals surface area contributed by atoms with Gasteiger partial charge in [-0.1, -0.05) is 124 Å². The summed E-state index contributed by atoms with van der Waals surface area (Å²) in [5.41, 5.74) is 0.902. The fourth-order valence-corrected chi connectivity index (χ4v) is 10.5. The van der Waals surface area contributed by atoms with Gasteiger partial charge in [0.05, 0.1) is 145 Å². The van der Waals surface area contributed by atoms with E-state index in [1.54, 1.807) is 24.3 Å². The number of amides is 1. The van der Waals surface area contributed by atoms with E-state index in [9.17, 15) is 25.2 Å². The van der Waals surface area contributed by atoms with Crippen molar-refractivity contribution in [3.63, 3.8) is 0 Å². The van der Waals surface area contributed by atoms with Crippen LogP contribution in [0.4, 0.5) is 0 Å². The molecular weight excluding hydrogens is 1090 g/mol. The quantitative estimate of drug-likeness (QED) is 0.0301. The largest absolute Gasteiger partial charge is 0.462 e. The fourth-order valence-electron chi connectivity index (χ4n) is 8.21. The number of carbonyl (C=O) groups is 1. The number of rotatable bonds is 63. The molecule has 1 aliphatic rings. The molecule has 1 saturated heterocycles. The predicted molar refractivity (Wildman–Crippen MR) is 316 cm³/mol. The van der Waals surface area contributed by atoms with E-state index < -0.39 is 37.3 Å². The molecule has 6 N–H and O–H groups in total. The Morgan fingerprint density at radius 2 is 0.765 bits per heavy atom. The van der Waals surface area contributed by atoms with Crippen LogP contribution in [0.1, 0.15) is 128 Å². The number of ether oxygens (including phenoxy) is 13. The number of aliphatic hydroxyl groups excluding tert-OH is 5. The average molecular weight is 1200 g/mol. The zero-order valence-electron chi connectivity index (χ0n) is 49.2. The second-order valence-electron chi connectivity index (χ2n) is 19.8.